The van der Waals surface area contributed by atoms with E-state index in [0.717, 1.165) is 5.69 Å². The lowest BCUT2D eigenvalue weighted by Crippen LogP contribution is -2.30. The van der Waals surface area contributed by atoms with Crippen LogP contribution in [0.15, 0.2) is 45.8 Å². The van der Waals surface area contributed by atoms with E-state index in [9.17, 15) is 13.2 Å². The van der Waals surface area contributed by atoms with Gasteiger partial charge in [-0.1, -0.05) is 11.6 Å². The fraction of sp³-hybridized carbons (Fsp3) is 0.176. The van der Waals surface area contributed by atoms with E-state index in [2.05, 4.69) is 4.98 Å². The third kappa shape index (κ3) is 3.51. The maximum atomic E-state index is 12.4. The Kier molecular flexibility index (Phi) is 4.64. The molecule has 0 aliphatic heterocycles. The maximum absolute atomic E-state index is 12.4. The van der Waals surface area contributed by atoms with Gasteiger partial charge < -0.3 is 9.32 Å². The zero-order chi connectivity index (χ0) is 19.1. The summed E-state index contributed by atoms with van der Waals surface area (Å²) >= 11 is 5.85. The highest BCUT2D eigenvalue weighted by atomic mass is 35.5. The van der Waals surface area contributed by atoms with E-state index >= 15 is 0 Å². The molecule has 3 aromatic rings. The minimum Gasteiger partial charge on any atom is -0.451 e. The number of carbonyl (C=O) groups excluding carboxylic acids is 1. The van der Waals surface area contributed by atoms with Crippen LogP contribution in [-0.2, 0) is 10.0 Å². The van der Waals surface area contributed by atoms with Crippen LogP contribution in [0.1, 0.15) is 16.1 Å². The molecule has 0 fully saturated rings. The molecule has 7 nitrogen and oxygen atoms in total. The molecule has 0 saturated heterocycles. The first kappa shape index (κ1) is 18.2. The minimum atomic E-state index is -4.18. The standard InChI is InChI=1S/C17H16ClN3O4S/c1-10-6-15(16(18)19-9-10)26(23,24)20-17(22)14-7-11-4-5-12(21(2)3)8-13(11)25-14/h4-9H,1-3H3,(H,20,22). The Bertz CT molecular complexity index is 1110. The van der Waals surface area contributed by atoms with Crippen LogP contribution < -0.4 is 9.62 Å². The highest BCUT2D eigenvalue weighted by molar-refractivity contribution is 7.90. The number of furan rings is 1. The predicted octanol–water partition coefficient (Wildman–Crippen LogP) is 2.97. The summed E-state index contributed by atoms with van der Waals surface area (Å²) in [6.45, 7) is 1.67. The number of fused-ring (bicyclic) bond motifs is 1. The van der Waals surface area contributed by atoms with E-state index in [1.54, 1.807) is 19.1 Å². The number of rotatable bonds is 4. The minimum absolute atomic E-state index is 0.115. The van der Waals surface area contributed by atoms with Crippen molar-refractivity contribution in [2.24, 2.45) is 0 Å². The van der Waals surface area contributed by atoms with Gasteiger partial charge in [-0.15, -0.1) is 0 Å². The number of nitrogens with zero attached hydrogens (tertiary/aromatic N) is 2. The van der Waals surface area contributed by atoms with Crippen molar-refractivity contribution >= 4 is 44.2 Å². The zero-order valence-electron chi connectivity index (χ0n) is 14.3. The normalized spacial score (nSPS) is 11.5. The summed E-state index contributed by atoms with van der Waals surface area (Å²) in [5, 5.41) is 0.476. The van der Waals surface area contributed by atoms with Gasteiger partial charge in [0.2, 0.25) is 0 Å². The molecule has 2 heterocycles. The summed E-state index contributed by atoms with van der Waals surface area (Å²) in [7, 11) is -0.424. The van der Waals surface area contributed by atoms with E-state index in [-0.39, 0.29) is 15.8 Å². The van der Waals surface area contributed by atoms with E-state index in [4.69, 9.17) is 16.0 Å². The van der Waals surface area contributed by atoms with Crippen molar-refractivity contribution in [3.8, 4) is 0 Å². The fourth-order valence-corrected chi connectivity index (χ4v) is 3.83. The molecular weight excluding hydrogens is 378 g/mol. The molecule has 0 radical (unpaired) electrons. The summed E-state index contributed by atoms with van der Waals surface area (Å²) in [6.07, 6.45) is 1.44. The Morgan fingerprint density at radius 2 is 1.96 bits per heavy atom. The molecule has 0 unspecified atom stereocenters. The van der Waals surface area contributed by atoms with Crippen molar-refractivity contribution in [3.63, 3.8) is 0 Å². The number of anilines is 1. The van der Waals surface area contributed by atoms with Crippen molar-refractivity contribution in [1.29, 1.82) is 0 Å². The molecule has 9 heteroatoms. The van der Waals surface area contributed by atoms with E-state index < -0.39 is 15.9 Å². The summed E-state index contributed by atoms with van der Waals surface area (Å²) in [5.41, 5.74) is 1.97. The van der Waals surface area contributed by atoms with Crippen molar-refractivity contribution in [2.45, 2.75) is 11.8 Å². The molecule has 0 aliphatic carbocycles. The molecule has 1 amide bonds. The highest BCUT2D eigenvalue weighted by Crippen LogP contribution is 2.25. The molecule has 3 rings (SSSR count). The predicted molar refractivity (Wildman–Crippen MR) is 99.2 cm³/mol. The van der Waals surface area contributed by atoms with Gasteiger partial charge in [0.1, 0.15) is 15.6 Å². The number of hydrogen-bond acceptors (Lipinski definition) is 6. The average Bonchev–Trinajstić information content (AvgIpc) is 2.99. The number of benzene rings is 1. The summed E-state index contributed by atoms with van der Waals surface area (Å²) in [5.74, 6) is -0.999. The van der Waals surface area contributed by atoms with Crippen molar-refractivity contribution in [3.05, 3.63) is 53.0 Å². The smallest absolute Gasteiger partial charge is 0.300 e. The summed E-state index contributed by atoms with van der Waals surface area (Å²) < 4.78 is 32.4. The number of aromatic nitrogens is 1. The van der Waals surface area contributed by atoms with Gasteiger partial charge in [-0.3, -0.25) is 4.79 Å². The second-order valence-electron chi connectivity index (χ2n) is 5.96. The van der Waals surface area contributed by atoms with Crippen LogP contribution >= 0.6 is 11.6 Å². The van der Waals surface area contributed by atoms with E-state index in [1.807, 2.05) is 29.8 Å². The second-order valence-corrected chi connectivity index (χ2v) is 7.97. The third-order valence-electron chi connectivity index (χ3n) is 3.70. The van der Waals surface area contributed by atoms with Gasteiger partial charge >= 0.3 is 5.91 Å². The molecule has 0 atom stereocenters. The molecule has 136 valence electrons. The zero-order valence-corrected chi connectivity index (χ0v) is 15.9. The van der Waals surface area contributed by atoms with Gasteiger partial charge in [-0.25, -0.2) is 18.1 Å². The van der Waals surface area contributed by atoms with E-state index in [1.165, 1.54) is 18.3 Å². The first-order chi connectivity index (χ1) is 12.2. The molecule has 1 aromatic carbocycles. The Hall–Kier alpha value is -2.58. The number of amides is 1. The van der Waals surface area contributed by atoms with Crippen LogP contribution in [0.5, 0.6) is 0 Å². The topological polar surface area (TPSA) is 92.5 Å². The molecular formula is C17H16ClN3O4S. The molecule has 2 aromatic heterocycles. The number of sulfonamides is 1. The van der Waals surface area contributed by atoms with Gasteiger partial charge in [-0.2, -0.15) is 0 Å². The summed E-state index contributed by atoms with van der Waals surface area (Å²) in [4.78, 5) is 17.8. The average molecular weight is 394 g/mol. The molecule has 0 aliphatic rings. The van der Waals surface area contributed by atoms with Crippen LogP contribution in [0.25, 0.3) is 11.0 Å². The first-order valence-electron chi connectivity index (χ1n) is 7.57. The lowest BCUT2D eigenvalue weighted by atomic mass is 10.2. The van der Waals surface area contributed by atoms with Crippen LogP contribution in [0, 0.1) is 6.92 Å². The van der Waals surface area contributed by atoms with Crippen molar-refractivity contribution < 1.29 is 17.6 Å². The third-order valence-corrected chi connectivity index (χ3v) is 5.46. The SMILES string of the molecule is Cc1cnc(Cl)c(S(=O)(=O)NC(=O)c2cc3ccc(N(C)C)cc3o2)c1. The number of halogens is 1. The van der Waals surface area contributed by atoms with Gasteiger partial charge in [-0.05, 0) is 36.8 Å². The number of hydrogen-bond donors (Lipinski definition) is 1. The Labute approximate surface area is 155 Å². The van der Waals surface area contributed by atoms with Crippen LogP contribution in [0.2, 0.25) is 5.15 Å². The largest absolute Gasteiger partial charge is 0.451 e. The van der Waals surface area contributed by atoms with Crippen LogP contribution in [0.4, 0.5) is 5.69 Å². The quantitative estimate of drug-likeness (QED) is 0.685. The Balaban J connectivity index is 1.92. The number of nitrogens with one attached hydrogen (secondary N) is 1. The molecule has 0 bridgehead atoms. The van der Waals surface area contributed by atoms with Gasteiger partial charge in [0, 0.05) is 37.4 Å². The van der Waals surface area contributed by atoms with Crippen LogP contribution in [0.3, 0.4) is 0 Å². The fourth-order valence-electron chi connectivity index (χ4n) is 2.35. The first-order valence-corrected chi connectivity index (χ1v) is 9.44. The number of pyridine rings is 1. The van der Waals surface area contributed by atoms with Crippen molar-refractivity contribution in [1.82, 2.24) is 9.71 Å². The number of aryl methyl sites for hydroxylation is 1. The molecule has 1 N–H and O–H groups in total. The van der Waals surface area contributed by atoms with Crippen molar-refractivity contribution in [2.75, 3.05) is 19.0 Å². The molecule has 0 spiro atoms. The Morgan fingerprint density at radius 1 is 1.23 bits per heavy atom. The van der Waals surface area contributed by atoms with Gasteiger partial charge in [0.05, 0.1) is 0 Å². The van der Waals surface area contributed by atoms with E-state index in [0.29, 0.717) is 16.5 Å². The molecule has 0 saturated carbocycles. The van der Waals surface area contributed by atoms with Gasteiger partial charge in [0.25, 0.3) is 10.0 Å². The number of carbonyl (C=O) groups is 1. The lowest BCUT2D eigenvalue weighted by molar-refractivity contribution is 0.0956. The lowest BCUT2D eigenvalue weighted by Gasteiger charge is -2.11. The Morgan fingerprint density at radius 3 is 2.65 bits per heavy atom. The monoisotopic (exact) mass is 393 g/mol. The summed E-state index contributed by atoms with van der Waals surface area (Å²) in [6, 6.07) is 8.25. The van der Waals surface area contributed by atoms with Crippen LogP contribution in [-0.4, -0.2) is 33.4 Å². The highest BCUT2D eigenvalue weighted by Gasteiger charge is 2.24. The molecule has 26 heavy (non-hydrogen) atoms. The second kappa shape index (κ2) is 6.62. The maximum Gasteiger partial charge on any atom is 0.300 e. The van der Waals surface area contributed by atoms with Gasteiger partial charge in [0.15, 0.2) is 5.76 Å².